The van der Waals surface area contributed by atoms with Crippen molar-refractivity contribution in [3.8, 4) is 0 Å². The summed E-state index contributed by atoms with van der Waals surface area (Å²) >= 11 is 0. The van der Waals surface area contributed by atoms with Gasteiger partial charge in [0, 0.05) is 17.6 Å². The van der Waals surface area contributed by atoms with Gasteiger partial charge in [0.15, 0.2) is 0 Å². The van der Waals surface area contributed by atoms with Gasteiger partial charge in [-0.2, -0.15) is 0 Å². The Morgan fingerprint density at radius 3 is 2.15 bits per heavy atom. The fraction of sp³-hybridized carbons (Fsp3) is 0.611. The maximum Gasteiger partial charge on any atom is 0.254 e. The third kappa shape index (κ3) is 1.37. The highest BCUT2D eigenvalue weighted by Crippen LogP contribution is 2.58. The Morgan fingerprint density at radius 2 is 1.55 bits per heavy atom. The molecule has 4 fully saturated rings. The molecule has 2 nitrogen and oxygen atoms in total. The van der Waals surface area contributed by atoms with Gasteiger partial charge in [-0.15, -0.1) is 0 Å². The van der Waals surface area contributed by atoms with Crippen LogP contribution in [-0.2, 0) is 6.54 Å². The van der Waals surface area contributed by atoms with Crippen molar-refractivity contribution < 1.29 is 4.79 Å². The molecule has 0 atom stereocenters. The van der Waals surface area contributed by atoms with Crippen molar-refractivity contribution in [1.82, 2.24) is 4.90 Å². The lowest BCUT2D eigenvalue weighted by molar-refractivity contribution is -0.0748. The summed E-state index contributed by atoms with van der Waals surface area (Å²) in [7, 11) is 0. The first kappa shape index (κ1) is 11.4. The maximum absolute atomic E-state index is 12.8. The summed E-state index contributed by atoms with van der Waals surface area (Å²) in [5.41, 5.74) is 2.42. The standard InChI is InChI=1S/C18H21NO/c20-17-16-4-2-1-3-15(16)11-19(17)18-8-12-5-13(9-18)7-14(6-12)10-18/h1-4,12-14H,5-11H2. The zero-order valence-electron chi connectivity index (χ0n) is 11.8. The van der Waals surface area contributed by atoms with Gasteiger partial charge in [0.1, 0.15) is 0 Å². The Hall–Kier alpha value is -1.31. The summed E-state index contributed by atoms with van der Waals surface area (Å²) in [6, 6.07) is 8.21. The maximum atomic E-state index is 12.8. The molecule has 0 radical (unpaired) electrons. The molecule has 4 aliphatic carbocycles. The van der Waals surface area contributed by atoms with Crippen molar-refractivity contribution in [3.63, 3.8) is 0 Å². The minimum absolute atomic E-state index is 0.213. The summed E-state index contributed by atoms with van der Waals surface area (Å²) < 4.78 is 0. The van der Waals surface area contributed by atoms with Crippen LogP contribution in [0.1, 0.15) is 54.4 Å². The highest BCUT2D eigenvalue weighted by molar-refractivity contribution is 5.98. The summed E-state index contributed by atoms with van der Waals surface area (Å²) in [6.45, 7) is 0.862. The van der Waals surface area contributed by atoms with Gasteiger partial charge in [-0.3, -0.25) is 4.79 Å². The lowest BCUT2D eigenvalue weighted by Gasteiger charge is -2.59. The van der Waals surface area contributed by atoms with Crippen LogP contribution in [-0.4, -0.2) is 16.3 Å². The summed E-state index contributed by atoms with van der Waals surface area (Å²) in [5, 5.41) is 0. The lowest BCUT2D eigenvalue weighted by Crippen LogP contribution is -2.59. The number of rotatable bonds is 1. The van der Waals surface area contributed by atoms with E-state index in [1.807, 2.05) is 12.1 Å². The molecule has 1 aromatic rings. The average Bonchev–Trinajstić information content (AvgIpc) is 2.76. The van der Waals surface area contributed by atoms with Crippen LogP contribution in [0.15, 0.2) is 24.3 Å². The smallest absolute Gasteiger partial charge is 0.254 e. The van der Waals surface area contributed by atoms with Crippen molar-refractivity contribution in [2.75, 3.05) is 0 Å². The van der Waals surface area contributed by atoms with E-state index >= 15 is 0 Å². The van der Waals surface area contributed by atoms with E-state index in [9.17, 15) is 4.79 Å². The number of carbonyl (C=O) groups is 1. The minimum atomic E-state index is 0.213. The number of fused-ring (bicyclic) bond motifs is 1. The second-order valence-electron chi connectivity index (χ2n) is 7.69. The molecule has 0 saturated heterocycles. The van der Waals surface area contributed by atoms with Gasteiger partial charge in [-0.1, -0.05) is 18.2 Å². The second kappa shape index (κ2) is 3.66. The molecule has 0 spiro atoms. The molecule has 0 unspecified atom stereocenters. The SMILES string of the molecule is O=C1c2ccccc2CN1C12CC3CC(CC(C3)C1)C2. The Bertz CT molecular complexity index is 556. The number of benzene rings is 1. The normalized spacial score (nSPS) is 41.3. The van der Waals surface area contributed by atoms with E-state index in [2.05, 4.69) is 17.0 Å². The van der Waals surface area contributed by atoms with Gasteiger partial charge < -0.3 is 4.90 Å². The van der Waals surface area contributed by atoms with E-state index in [0.717, 1.165) is 29.9 Å². The molecular formula is C18H21NO. The van der Waals surface area contributed by atoms with Crippen LogP contribution in [0.2, 0.25) is 0 Å². The van der Waals surface area contributed by atoms with Crippen molar-refractivity contribution in [3.05, 3.63) is 35.4 Å². The van der Waals surface area contributed by atoms with Gasteiger partial charge in [0.05, 0.1) is 0 Å². The highest BCUT2D eigenvalue weighted by Gasteiger charge is 2.55. The fourth-order valence-corrected chi connectivity index (χ4v) is 6.03. The quantitative estimate of drug-likeness (QED) is 0.761. The van der Waals surface area contributed by atoms with Crippen LogP contribution in [0.25, 0.3) is 0 Å². The minimum Gasteiger partial charge on any atom is -0.329 e. The summed E-state index contributed by atoms with van der Waals surface area (Å²) in [4.78, 5) is 15.1. The van der Waals surface area contributed by atoms with Gasteiger partial charge in [-0.05, 0) is 67.9 Å². The summed E-state index contributed by atoms with van der Waals surface area (Å²) in [6.07, 6.45) is 8.15. The molecule has 1 heterocycles. The first-order chi connectivity index (χ1) is 9.73. The molecule has 0 aromatic heterocycles. The first-order valence-electron chi connectivity index (χ1n) is 8.13. The predicted molar refractivity (Wildman–Crippen MR) is 77.2 cm³/mol. The van der Waals surface area contributed by atoms with E-state index in [4.69, 9.17) is 0 Å². The van der Waals surface area contributed by atoms with E-state index in [-0.39, 0.29) is 5.54 Å². The van der Waals surface area contributed by atoms with Gasteiger partial charge in [0.2, 0.25) is 0 Å². The Labute approximate surface area is 120 Å². The molecule has 1 aromatic carbocycles. The third-order valence-electron chi connectivity index (χ3n) is 6.40. The largest absolute Gasteiger partial charge is 0.329 e. The number of carbonyl (C=O) groups excluding carboxylic acids is 1. The Balaban J connectivity index is 1.54. The van der Waals surface area contributed by atoms with Gasteiger partial charge >= 0.3 is 0 Å². The summed E-state index contributed by atoms with van der Waals surface area (Å²) in [5.74, 6) is 3.01. The van der Waals surface area contributed by atoms with Crippen LogP contribution in [0.5, 0.6) is 0 Å². The fourth-order valence-electron chi connectivity index (χ4n) is 6.03. The van der Waals surface area contributed by atoms with E-state index < -0.39 is 0 Å². The first-order valence-corrected chi connectivity index (χ1v) is 8.13. The predicted octanol–water partition coefficient (Wildman–Crippen LogP) is 3.61. The number of nitrogens with zero attached hydrogens (tertiary/aromatic N) is 1. The van der Waals surface area contributed by atoms with Crippen molar-refractivity contribution in [2.45, 2.75) is 50.6 Å². The van der Waals surface area contributed by atoms with Crippen LogP contribution in [0.3, 0.4) is 0 Å². The molecule has 0 N–H and O–H groups in total. The Kier molecular flexibility index (Phi) is 2.08. The van der Waals surface area contributed by atoms with Crippen molar-refractivity contribution >= 4 is 5.91 Å². The molecule has 4 saturated carbocycles. The highest BCUT2D eigenvalue weighted by atomic mass is 16.2. The molecule has 6 rings (SSSR count). The average molecular weight is 267 g/mol. The molecule has 2 heteroatoms. The molecule has 5 aliphatic rings. The molecule has 20 heavy (non-hydrogen) atoms. The zero-order valence-corrected chi connectivity index (χ0v) is 11.8. The van der Waals surface area contributed by atoms with Crippen LogP contribution >= 0.6 is 0 Å². The van der Waals surface area contributed by atoms with E-state index in [1.165, 1.54) is 44.1 Å². The zero-order chi connectivity index (χ0) is 13.3. The molecular weight excluding hydrogens is 246 g/mol. The van der Waals surface area contributed by atoms with Crippen LogP contribution in [0, 0.1) is 17.8 Å². The van der Waals surface area contributed by atoms with E-state index in [1.54, 1.807) is 0 Å². The van der Waals surface area contributed by atoms with Gasteiger partial charge in [-0.25, -0.2) is 0 Å². The molecule has 104 valence electrons. The molecule has 4 bridgehead atoms. The Morgan fingerprint density at radius 1 is 0.950 bits per heavy atom. The topological polar surface area (TPSA) is 20.3 Å². The van der Waals surface area contributed by atoms with Crippen molar-refractivity contribution in [2.24, 2.45) is 17.8 Å². The molecule has 1 amide bonds. The number of amides is 1. The monoisotopic (exact) mass is 267 g/mol. The number of hydrogen-bond acceptors (Lipinski definition) is 1. The van der Waals surface area contributed by atoms with Gasteiger partial charge in [0.25, 0.3) is 5.91 Å². The van der Waals surface area contributed by atoms with Crippen LogP contribution in [0.4, 0.5) is 0 Å². The number of hydrogen-bond donors (Lipinski definition) is 0. The van der Waals surface area contributed by atoms with Crippen LogP contribution < -0.4 is 0 Å². The third-order valence-corrected chi connectivity index (χ3v) is 6.40. The van der Waals surface area contributed by atoms with E-state index in [0.29, 0.717) is 5.91 Å². The molecule has 1 aliphatic heterocycles. The second-order valence-corrected chi connectivity index (χ2v) is 7.69. The van der Waals surface area contributed by atoms with Crippen molar-refractivity contribution in [1.29, 1.82) is 0 Å². The lowest BCUT2D eigenvalue weighted by atomic mass is 9.52.